The predicted molar refractivity (Wildman–Crippen MR) is 181 cm³/mol. The van der Waals surface area contributed by atoms with Gasteiger partial charge in [0.1, 0.15) is 22.7 Å². The van der Waals surface area contributed by atoms with Crippen LogP contribution in [-0.2, 0) is 0 Å². The lowest BCUT2D eigenvalue weighted by Gasteiger charge is -2.26. The van der Waals surface area contributed by atoms with E-state index in [2.05, 4.69) is 76.1 Å². The van der Waals surface area contributed by atoms with Gasteiger partial charge in [0.2, 0.25) is 5.79 Å². The third-order valence-electron chi connectivity index (χ3n) is 8.70. The molecule has 0 fully saturated rings. The Kier molecular flexibility index (Phi) is 5.24. The van der Waals surface area contributed by atoms with Gasteiger partial charge in [-0.25, -0.2) is 4.85 Å². The molecule has 0 saturated heterocycles. The molecule has 6 aromatic carbocycles. The van der Waals surface area contributed by atoms with E-state index < -0.39 is 5.79 Å². The summed E-state index contributed by atoms with van der Waals surface area (Å²) in [6.45, 7) is 11.4. The van der Waals surface area contributed by atoms with Gasteiger partial charge in [-0.05, 0) is 77.2 Å². The van der Waals surface area contributed by atoms with Gasteiger partial charge in [-0.1, -0.05) is 54.6 Å². The lowest BCUT2D eigenvalue weighted by Crippen LogP contribution is -2.34. The van der Waals surface area contributed by atoms with Crippen LogP contribution in [0.3, 0.4) is 0 Å². The van der Waals surface area contributed by atoms with Gasteiger partial charge < -0.3 is 18.5 Å². The van der Waals surface area contributed by atoms with Crippen LogP contribution in [0.4, 0.5) is 5.69 Å². The monoisotopic (exact) mass is 582 g/mol. The van der Waals surface area contributed by atoms with Crippen molar-refractivity contribution in [1.29, 1.82) is 0 Å². The quantitative estimate of drug-likeness (QED) is 0.190. The maximum atomic E-state index is 7.53. The van der Waals surface area contributed by atoms with Crippen LogP contribution < -0.4 is 9.47 Å². The molecule has 0 bridgehead atoms. The topological polar surface area (TPSA) is 40.9 Å². The lowest BCUT2D eigenvalue weighted by molar-refractivity contribution is -0.0778. The van der Waals surface area contributed by atoms with Crippen molar-refractivity contribution in [2.75, 3.05) is 0 Å². The lowest BCUT2D eigenvalue weighted by atomic mass is 9.96. The van der Waals surface area contributed by atoms with E-state index in [1.165, 1.54) is 0 Å². The zero-order valence-corrected chi connectivity index (χ0v) is 24.7. The summed E-state index contributed by atoms with van der Waals surface area (Å²) in [5.41, 5.74) is 9.52. The molecule has 1 aliphatic rings. The molecular weight excluding hydrogens is 556 g/mol. The highest BCUT2D eigenvalue weighted by molar-refractivity contribution is 6.10. The van der Waals surface area contributed by atoms with Gasteiger partial charge in [0.05, 0.1) is 17.6 Å². The fourth-order valence-corrected chi connectivity index (χ4v) is 6.73. The highest BCUT2D eigenvalue weighted by atomic mass is 16.7. The van der Waals surface area contributed by atoms with Crippen molar-refractivity contribution in [3.8, 4) is 39.4 Å². The van der Waals surface area contributed by atoms with E-state index in [0.29, 0.717) is 5.69 Å². The average molecular weight is 583 g/mol. The van der Waals surface area contributed by atoms with Crippen molar-refractivity contribution in [3.63, 3.8) is 0 Å². The van der Waals surface area contributed by atoms with E-state index in [4.69, 9.17) is 20.5 Å². The second-order valence-corrected chi connectivity index (χ2v) is 12.0. The Morgan fingerprint density at radius 1 is 0.578 bits per heavy atom. The second-order valence-electron chi connectivity index (χ2n) is 12.0. The van der Waals surface area contributed by atoms with Crippen LogP contribution in [0.1, 0.15) is 13.8 Å². The minimum atomic E-state index is -0.890. The summed E-state index contributed by atoms with van der Waals surface area (Å²) < 4.78 is 21.4. The Bertz CT molecular complexity index is 2540. The number of fused-ring (bicyclic) bond motifs is 9. The Morgan fingerprint density at radius 3 is 2.20 bits per heavy atom. The van der Waals surface area contributed by atoms with Gasteiger partial charge in [0.15, 0.2) is 5.69 Å². The second kappa shape index (κ2) is 9.25. The van der Waals surface area contributed by atoms with Gasteiger partial charge in [0, 0.05) is 52.9 Å². The van der Waals surface area contributed by atoms with Crippen LogP contribution in [0.25, 0.3) is 76.5 Å². The van der Waals surface area contributed by atoms with Gasteiger partial charge >= 0.3 is 0 Å². The summed E-state index contributed by atoms with van der Waals surface area (Å²) in [6.07, 6.45) is 0. The smallest absolute Gasteiger partial charge is 0.245 e. The Balaban J connectivity index is 1.21. The summed E-state index contributed by atoms with van der Waals surface area (Å²) in [5.74, 6) is 0.618. The normalized spacial score (nSPS) is 13.6. The summed E-state index contributed by atoms with van der Waals surface area (Å²) in [7, 11) is 0. The number of rotatable bonds is 2. The number of aromatic nitrogens is 1. The molecule has 0 atom stereocenters. The van der Waals surface area contributed by atoms with Crippen LogP contribution in [0, 0.1) is 6.57 Å². The molecule has 5 nitrogen and oxygen atoms in total. The fourth-order valence-electron chi connectivity index (χ4n) is 6.73. The van der Waals surface area contributed by atoms with E-state index in [0.717, 1.165) is 83.2 Å². The van der Waals surface area contributed by atoms with Gasteiger partial charge in [-0.3, -0.25) is 0 Å². The van der Waals surface area contributed by atoms with Crippen molar-refractivity contribution in [1.82, 2.24) is 4.57 Å². The van der Waals surface area contributed by atoms with E-state index >= 15 is 0 Å². The molecule has 0 saturated carbocycles. The van der Waals surface area contributed by atoms with Crippen LogP contribution in [-0.4, -0.2) is 10.4 Å². The van der Waals surface area contributed by atoms with Gasteiger partial charge in [0.25, 0.3) is 0 Å². The SMILES string of the molecule is [C-]#[N+]c1ccc2c(c1)c1ccccc1n2-c1ccc2c(c1)OC(C)(C)Oc1ccc(-c3ccc4c(c3)oc3ccccc34)cc1-2. The van der Waals surface area contributed by atoms with E-state index in [9.17, 15) is 0 Å². The molecule has 1 aliphatic heterocycles. The molecule has 0 spiro atoms. The Hall–Kier alpha value is -5.99. The van der Waals surface area contributed by atoms with E-state index in [1.54, 1.807) is 0 Å². The van der Waals surface area contributed by atoms with Crippen LogP contribution >= 0.6 is 0 Å². The molecule has 9 rings (SSSR count). The Labute approximate surface area is 259 Å². The Morgan fingerprint density at radius 2 is 1.31 bits per heavy atom. The number of hydrogen-bond acceptors (Lipinski definition) is 3. The van der Waals surface area contributed by atoms with Crippen molar-refractivity contribution in [2.45, 2.75) is 19.6 Å². The first-order valence-corrected chi connectivity index (χ1v) is 14.9. The molecule has 5 heteroatoms. The molecule has 2 aromatic heterocycles. The van der Waals surface area contributed by atoms with Crippen molar-refractivity contribution < 1.29 is 13.9 Å². The van der Waals surface area contributed by atoms with Crippen molar-refractivity contribution >= 4 is 49.4 Å². The number of nitrogens with zero attached hydrogens (tertiary/aromatic N) is 2. The number of para-hydroxylation sites is 2. The standard InChI is InChI=1S/C40H26N2O3/c1-40(2)44-37-19-13-24(25-12-16-30-29-9-5-7-11-36(29)43-38(30)21-25)20-33(37)31-17-15-27(23-39(31)45-40)42-34-10-6-4-8-28(34)32-22-26(41-3)14-18-35(32)42/h4-23H,1-2H3. The largest absolute Gasteiger partial charge is 0.456 e. The van der Waals surface area contributed by atoms with Crippen molar-refractivity contribution in [2.24, 2.45) is 0 Å². The maximum Gasteiger partial charge on any atom is 0.245 e. The minimum Gasteiger partial charge on any atom is -0.456 e. The first-order chi connectivity index (χ1) is 22.0. The zero-order chi connectivity index (χ0) is 30.3. The zero-order valence-electron chi connectivity index (χ0n) is 24.7. The predicted octanol–water partition coefficient (Wildman–Crippen LogP) is 11.1. The molecule has 8 aromatic rings. The molecule has 0 N–H and O–H groups in total. The maximum absolute atomic E-state index is 7.53. The number of ether oxygens (including phenoxy) is 2. The fraction of sp³-hybridized carbons (Fsp3) is 0.0750. The molecule has 3 heterocycles. The number of furan rings is 1. The number of benzene rings is 6. The summed E-state index contributed by atoms with van der Waals surface area (Å²) >= 11 is 0. The highest BCUT2D eigenvalue weighted by Gasteiger charge is 2.30. The number of hydrogen-bond donors (Lipinski definition) is 0. The molecule has 0 amide bonds. The summed E-state index contributed by atoms with van der Waals surface area (Å²) in [5, 5.41) is 4.38. The molecule has 0 unspecified atom stereocenters. The summed E-state index contributed by atoms with van der Waals surface area (Å²) in [6, 6.07) is 41.4. The molecule has 45 heavy (non-hydrogen) atoms. The van der Waals surface area contributed by atoms with Crippen LogP contribution in [0.15, 0.2) is 126 Å². The molecule has 0 aliphatic carbocycles. The van der Waals surface area contributed by atoms with Crippen LogP contribution in [0.2, 0.25) is 0 Å². The third kappa shape index (κ3) is 3.93. The van der Waals surface area contributed by atoms with E-state index in [1.807, 2.05) is 68.4 Å². The summed E-state index contributed by atoms with van der Waals surface area (Å²) in [4.78, 5) is 3.67. The van der Waals surface area contributed by atoms with Crippen LogP contribution in [0.5, 0.6) is 11.5 Å². The first kappa shape index (κ1) is 25.5. The molecule has 214 valence electrons. The van der Waals surface area contributed by atoms with Gasteiger partial charge in [-0.15, -0.1) is 0 Å². The minimum absolute atomic E-state index is 0.626. The van der Waals surface area contributed by atoms with Gasteiger partial charge in [-0.2, -0.15) is 0 Å². The molecular formula is C40H26N2O3. The highest BCUT2D eigenvalue weighted by Crippen LogP contribution is 2.46. The van der Waals surface area contributed by atoms with Crippen molar-refractivity contribution in [3.05, 3.63) is 133 Å². The first-order valence-electron chi connectivity index (χ1n) is 14.9. The van der Waals surface area contributed by atoms with E-state index in [-0.39, 0.29) is 0 Å². The average Bonchev–Trinajstić information content (AvgIpc) is 3.56. The molecule has 0 radical (unpaired) electrons. The third-order valence-corrected chi connectivity index (χ3v) is 8.70.